The summed E-state index contributed by atoms with van der Waals surface area (Å²) in [5, 5.41) is 17.5. The van der Waals surface area contributed by atoms with Crippen LogP contribution in [0.3, 0.4) is 0 Å². The van der Waals surface area contributed by atoms with Gasteiger partial charge in [0.15, 0.2) is 0 Å². The number of aliphatic hydroxyl groups is 2. The van der Waals surface area contributed by atoms with Crippen LogP contribution in [0.2, 0.25) is 0 Å². The summed E-state index contributed by atoms with van der Waals surface area (Å²) in [6, 6.07) is 0. The van der Waals surface area contributed by atoms with Crippen molar-refractivity contribution in [2.75, 3.05) is 19.8 Å². The van der Waals surface area contributed by atoms with Crippen LogP contribution in [0.4, 0.5) is 0 Å². The standard InChI is InChI=1S/C13H26O3/c1-2-3-4-5-6-7-8-9-10-16-12-13(15)11-14/h2,13-15H,1,3-12H2. The molecular formula is C13H26O3. The van der Waals surface area contributed by atoms with Gasteiger partial charge in [0.2, 0.25) is 0 Å². The maximum absolute atomic E-state index is 9.00. The fraction of sp³-hybridized carbons (Fsp3) is 0.846. The van der Waals surface area contributed by atoms with E-state index in [-0.39, 0.29) is 13.2 Å². The average Bonchev–Trinajstić information content (AvgIpc) is 2.31. The number of hydrogen-bond acceptors (Lipinski definition) is 3. The fourth-order valence-corrected chi connectivity index (χ4v) is 1.47. The normalized spacial score (nSPS) is 12.6. The van der Waals surface area contributed by atoms with E-state index in [2.05, 4.69) is 6.58 Å². The summed E-state index contributed by atoms with van der Waals surface area (Å²) < 4.78 is 5.21. The van der Waals surface area contributed by atoms with Crippen LogP contribution >= 0.6 is 0 Å². The van der Waals surface area contributed by atoms with E-state index in [0.717, 1.165) is 12.8 Å². The largest absolute Gasteiger partial charge is 0.394 e. The molecule has 0 spiro atoms. The third kappa shape index (κ3) is 11.7. The Balaban J connectivity index is 2.96. The summed E-state index contributed by atoms with van der Waals surface area (Å²) in [5.74, 6) is 0. The molecule has 0 aliphatic heterocycles. The van der Waals surface area contributed by atoms with Gasteiger partial charge in [-0.3, -0.25) is 0 Å². The Morgan fingerprint density at radius 3 is 2.31 bits per heavy atom. The lowest BCUT2D eigenvalue weighted by molar-refractivity contribution is 0.00526. The van der Waals surface area contributed by atoms with Crippen molar-refractivity contribution < 1.29 is 14.9 Å². The number of rotatable bonds is 12. The van der Waals surface area contributed by atoms with Crippen molar-refractivity contribution in [2.45, 2.75) is 51.0 Å². The van der Waals surface area contributed by atoms with Crippen LogP contribution in [-0.2, 0) is 4.74 Å². The zero-order valence-corrected chi connectivity index (χ0v) is 10.2. The summed E-state index contributed by atoms with van der Waals surface area (Å²) >= 11 is 0. The van der Waals surface area contributed by atoms with E-state index >= 15 is 0 Å². The Hall–Kier alpha value is -0.380. The monoisotopic (exact) mass is 230 g/mol. The van der Waals surface area contributed by atoms with Gasteiger partial charge in [-0.15, -0.1) is 6.58 Å². The zero-order valence-electron chi connectivity index (χ0n) is 10.2. The van der Waals surface area contributed by atoms with Crippen molar-refractivity contribution in [2.24, 2.45) is 0 Å². The molecule has 16 heavy (non-hydrogen) atoms. The molecule has 0 radical (unpaired) electrons. The molecule has 3 nitrogen and oxygen atoms in total. The Bertz CT molecular complexity index is 148. The van der Waals surface area contributed by atoms with Gasteiger partial charge in [-0.25, -0.2) is 0 Å². The van der Waals surface area contributed by atoms with Gasteiger partial charge in [0.25, 0.3) is 0 Å². The predicted molar refractivity (Wildman–Crippen MR) is 66.4 cm³/mol. The summed E-state index contributed by atoms with van der Waals surface area (Å²) in [6.45, 7) is 4.41. The minimum Gasteiger partial charge on any atom is -0.394 e. The van der Waals surface area contributed by atoms with Crippen molar-refractivity contribution in [3.05, 3.63) is 12.7 Å². The Kier molecular flexibility index (Phi) is 12.4. The molecule has 0 aliphatic rings. The van der Waals surface area contributed by atoms with Crippen molar-refractivity contribution >= 4 is 0 Å². The lowest BCUT2D eigenvalue weighted by Gasteiger charge is -2.07. The number of allylic oxidation sites excluding steroid dienone is 1. The molecule has 3 heteroatoms. The number of aliphatic hydroxyl groups excluding tert-OH is 2. The summed E-state index contributed by atoms with van der Waals surface area (Å²) in [4.78, 5) is 0. The van der Waals surface area contributed by atoms with Crippen LogP contribution in [-0.4, -0.2) is 36.1 Å². The van der Waals surface area contributed by atoms with Crippen LogP contribution in [0.15, 0.2) is 12.7 Å². The van der Waals surface area contributed by atoms with Gasteiger partial charge in [0, 0.05) is 6.61 Å². The lowest BCUT2D eigenvalue weighted by Crippen LogP contribution is -2.19. The van der Waals surface area contributed by atoms with Gasteiger partial charge >= 0.3 is 0 Å². The third-order valence-corrected chi connectivity index (χ3v) is 2.47. The molecule has 0 heterocycles. The molecule has 0 saturated carbocycles. The van der Waals surface area contributed by atoms with E-state index in [0.29, 0.717) is 6.61 Å². The van der Waals surface area contributed by atoms with E-state index < -0.39 is 6.10 Å². The highest BCUT2D eigenvalue weighted by Crippen LogP contribution is 2.07. The third-order valence-electron chi connectivity index (χ3n) is 2.47. The topological polar surface area (TPSA) is 49.7 Å². The molecule has 1 unspecified atom stereocenters. The fourth-order valence-electron chi connectivity index (χ4n) is 1.47. The summed E-state index contributed by atoms with van der Waals surface area (Å²) in [7, 11) is 0. The van der Waals surface area contributed by atoms with Gasteiger partial charge in [0.1, 0.15) is 6.10 Å². The van der Waals surface area contributed by atoms with Crippen LogP contribution in [0.1, 0.15) is 44.9 Å². The molecular weight excluding hydrogens is 204 g/mol. The second-order valence-electron chi connectivity index (χ2n) is 4.11. The molecule has 96 valence electrons. The SMILES string of the molecule is C=CCCCCCCCCOCC(O)CO. The molecule has 0 bridgehead atoms. The molecule has 0 aliphatic carbocycles. The van der Waals surface area contributed by atoms with Crippen molar-refractivity contribution in [3.8, 4) is 0 Å². The van der Waals surface area contributed by atoms with E-state index in [9.17, 15) is 0 Å². The summed E-state index contributed by atoms with van der Waals surface area (Å²) in [5.41, 5.74) is 0. The smallest absolute Gasteiger partial charge is 0.100 e. The first kappa shape index (κ1) is 15.6. The lowest BCUT2D eigenvalue weighted by atomic mass is 10.1. The Morgan fingerprint density at radius 2 is 1.69 bits per heavy atom. The highest BCUT2D eigenvalue weighted by Gasteiger charge is 2.00. The molecule has 0 aromatic heterocycles. The predicted octanol–water partition coefficient (Wildman–Crippen LogP) is 2.27. The number of ether oxygens (including phenoxy) is 1. The zero-order chi connectivity index (χ0) is 12.1. The van der Waals surface area contributed by atoms with Gasteiger partial charge in [-0.1, -0.05) is 31.8 Å². The molecule has 0 fully saturated rings. The molecule has 0 saturated heterocycles. The second kappa shape index (κ2) is 12.7. The maximum Gasteiger partial charge on any atom is 0.100 e. The minimum atomic E-state index is -0.723. The van der Waals surface area contributed by atoms with Crippen molar-refractivity contribution in [1.29, 1.82) is 0 Å². The number of hydrogen-bond donors (Lipinski definition) is 2. The van der Waals surface area contributed by atoms with Gasteiger partial charge < -0.3 is 14.9 Å². The van der Waals surface area contributed by atoms with E-state index in [1.807, 2.05) is 6.08 Å². The average molecular weight is 230 g/mol. The molecule has 2 N–H and O–H groups in total. The Labute approximate surface area is 99.1 Å². The first-order valence-electron chi connectivity index (χ1n) is 6.28. The quantitative estimate of drug-likeness (QED) is 0.399. The van der Waals surface area contributed by atoms with Gasteiger partial charge in [-0.05, 0) is 19.3 Å². The van der Waals surface area contributed by atoms with Gasteiger partial charge in [0.05, 0.1) is 13.2 Å². The van der Waals surface area contributed by atoms with E-state index in [4.69, 9.17) is 14.9 Å². The van der Waals surface area contributed by atoms with Crippen molar-refractivity contribution in [3.63, 3.8) is 0 Å². The summed E-state index contributed by atoms with van der Waals surface area (Å²) in [6.07, 6.45) is 9.68. The van der Waals surface area contributed by atoms with Crippen LogP contribution in [0.25, 0.3) is 0 Å². The van der Waals surface area contributed by atoms with Crippen molar-refractivity contribution in [1.82, 2.24) is 0 Å². The van der Waals surface area contributed by atoms with Gasteiger partial charge in [-0.2, -0.15) is 0 Å². The van der Waals surface area contributed by atoms with E-state index in [1.165, 1.54) is 32.1 Å². The molecule has 0 amide bonds. The second-order valence-corrected chi connectivity index (χ2v) is 4.11. The van der Waals surface area contributed by atoms with E-state index in [1.54, 1.807) is 0 Å². The highest BCUT2D eigenvalue weighted by atomic mass is 16.5. The molecule has 0 aromatic rings. The first-order chi connectivity index (χ1) is 7.81. The molecule has 1 atom stereocenters. The number of unbranched alkanes of at least 4 members (excludes halogenated alkanes) is 6. The minimum absolute atomic E-state index is 0.219. The molecule has 0 rings (SSSR count). The molecule has 0 aromatic carbocycles. The first-order valence-corrected chi connectivity index (χ1v) is 6.28. The van der Waals surface area contributed by atoms with Crippen LogP contribution < -0.4 is 0 Å². The van der Waals surface area contributed by atoms with Crippen LogP contribution in [0, 0.1) is 0 Å². The Morgan fingerprint density at radius 1 is 1.06 bits per heavy atom. The highest BCUT2D eigenvalue weighted by molar-refractivity contribution is 4.65. The van der Waals surface area contributed by atoms with Crippen LogP contribution in [0.5, 0.6) is 0 Å². The maximum atomic E-state index is 9.00.